The fourth-order valence-electron chi connectivity index (χ4n) is 2.04. The zero-order chi connectivity index (χ0) is 13.7. The Morgan fingerprint density at radius 1 is 1.21 bits per heavy atom. The molecule has 0 heterocycles. The van der Waals surface area contributed by atoms with Crippen molar-refractivity contribution in [2.24, 2.45) is 0 Å². The average Bonchev–Trinajstić information content (AvgIpc) is 2.39. The van der Waals surface area contributed by atoms with Crippen LogP contribution in [0, 0.1) is 18.8 Å². The quantitative estimate of drug-likeness (QED) is 0.734. The van der Waals surface area contributed by atoms with Crippen LogP contribution in [0.5, 0.6) is 0 Å². The van der Waals surface area contributed by atoms with Crippen LogP contribution < -0.4 is 0 Å². The summed E-state index contributed by atoms with van der Waals surface area (Å²) in [4.78, 5) is 11.9. The second-order valence-corrected chi connectivity index (χ2v) is 4.66. The lowest BCUT2D eigenvalue weighted by Crippen LogP contribution is -2.00. The molecule has 0 spiro atoms. The van der Waals surface area contributed by atoms with E-state index in [-0.39, 0.29) is 11.6 Å². The molecular formula is C17H16FO. The molecule has 97 valence electrons. The highest BCUT2D eigenvalue weighted by Gasteiger charge is 2.05. The number of rotatable bonds is 5. The van der Waals surface area contributed by atoms with Crippen LogP contribution >= 0.6 is 0 Å². The van der Waals surface area contributed by atoms with Crippen molar-refractivity contribution in [1.29, 1.82) is 0 Å². The van der Waals surface area contributed by atoms with Gasteiger partial charge in [0, 0.05) is 12.0 Å². The van der Waals surface area contributed by atoms with Gasteiger partial charge in [0.05, 0.1) is 0 Å². The first-order chi connectivity index (χ1) is 9.15. The van der Waals surface area contributed by atoms with Gasteiger partial charge < -0.3 is 0 Å². The minimum Gasteiger partial charge on any atom is -0.294 e. The molecule has 0 N–H and O–H groups in total. The predicted molar refractivity (Wildman–Crippen MR) is 73.7 cm³/mol. The number of Topliss-reactive ketones (excluding diaryl/α,β-unsaturated/α-hetero) is 1. The van der Waals surface area contributed by atoms with E-state index in [0.717, 1.165) is 18.4 Å². The Labute approximate surface area is 113 Å². The average molecular weight is 255 g/mol. The molecule has 0 aromatic heterocycles. The number of carbonyl (C=O) groups excluding carboxylic acids is 1. The van der Waals surface area contributed by atoms with Gasteiger partial charge >= 0.3 is 0 Å². The monoisotopic (exact) mass is 255 g/mol. The highest BCUT2D eigenvalue weighted by atomic mass is 19.1. The normalized spacial score (nSPS) is 10.4. The van der Waals surface area contributed by atoms with Crippen molar-refractivity contribution < 1.29 is 9.18 Å². The lowest BCUT2D eigenvalue weighted by Gasteiger charge is -2.03. The highest BCUT2D eigenvalue weighted by molar-refractivity contribution is 5.95. The number of aryl methyl sites for hydroxylation is 2. The summed E-state index contributed by atoms with van der Waals surface area (Å²) >= 11 is 0. The summed E-state index contributed by atoms with van der Waals surface area (Å²) in [7, 11) is 0. The van der Waals surface area contributed by atoms with Gasteiger partial charge in [-0.3, -0.25) is 4.79 Å². The molecule has 0 aliphatic carbocycles. The largest absolute Gasteiger partial charge is 0.294 e. The van der Waals surface area contributed by atoms with E-state index in [1.165, 1.54) is 17.7 Å². The zero-order valence-corrected chi connectivity index (χ0v) is 10.9. The van der Waals surface area contributed by atoms with Crippen molar-refractivity contribution in [3.05, 3.63) is 71.0 Å². The molecule has 19 heavy (non-hydrogen) atoms. The zero-order valence-electron chi connectivity index (χ0n) is 10.9. The van der Waals surface area contributed by atoms with E-state index in [0.29, 0.717) is 12.0 Å². The summed E-state index contributed by atoms with van der Waals surface area (Å²) < 4.78 is 12.7. The molecule has 0 amide bonds. The van der Waals surface area contributed by atoms with Crippen LogP contribution in [0.1, 0.15) is 34.3 Å². The van der Waals surface area contributed by atoms with E-state index in [4.69, 9.17) is 0 Å². The molecule has 0 saturated carbocycles. The van der Waals surface area contributed by atoms with E-state index >= 15 is 0 Å². The lowest BCUT2D eigenvalue weighted by atomic mass is 10.0. The standard InChI is InChI=1S/C17H16FO/c1-13-4-2-5-14(12-13)6-3-7-17(19)15-8-10-16(18)11-9-15/h2,5,8-12H,3,6-7H2,1H3. The smallest absolute Gasteiger partial charge is 0.162 e. The fourth-order valence-corrected chi connectivity index (χ4v) is 2.04. The minimum absolute atomic E-state index is 0.0687. The van der Waals surface area contributed by atoms with Crippen LogP contribution in [0.3, 0.4) is 0 Å². The first-order valence-corrected chi connectivity index (χ1v) is 6.41. The summed E-state index contributed by atoms with van der Waals surface area (Å²) in [5.74, 6) is -0.244. The highest BCUT2D eigenvalue weighted by Crippen LogP contribution is 2.11. The van der Waals surface area contributed by atoms with Crippen molar-refractivity contribution in [1.82, 2.24) is 0 Å². The molecule has 1 nitrogen and oxygen atoms in total. The maximum Gasteiger partial charge on any atom is 0.162 e. The molecule has 2 aromatic rings. The maximum atomic E-state index is 12.7. The molecule has 2 aromatic carbocycles. The van der Waals surface area contributed by atoms with Crippen molar-refractivity contribution in [3.63, 3.8) is 0 Å². The van der Waals surface area contributed by atoms with Gasteiger partial charge in [0.15, 0.2) is 5.78 Å². The van der Waals surface area contributed by atoms with Crippen LogP contribution in [-0.2, 0) is 6.42 Å². The molecule has 0 bridgehead atoms. The molecule has 0 aliphatic rings. The minimum atomic E-state index is -0.312. The number of benzene rings is 2. The van der Waals surface area contributed by atoms with E-state index in [1.54, 1.807) is 12.1 Å². The van der Waals surface area contributed by atoms with Gasteiger partial charge in [-0.2, -0.15) is 0 Å². The number of hydrogen-bond donors (Lipinski definition) is 0. The first kappa shape index (κ1) is 13.5. The molecule has 0 aliphatic heterocycles. The van der Waals surface area contributed by atoms with Crippen molar-refractivity contribution >= 4 is 5.78 Å². The van der Waals surface area contributed by atoms with Crippen LogP contribution in [0.25, 0.3) is 0 Å². The third-order valence-electron chi connectivity index (χ3n) is 3.05. The molecule has 1 radical (unpaired) electrons. The number of halogens is 1. The van der Waals surface area contributed by atoms with Crippen LogP contribution in [-0.4, -0.2) is 5.78 Å². The van der Waals surface area contributed by atoms with Gasteiger partial charge in [0.1, 0.15) is 5.82 Å². The number of carbonyl (C=O) groups is 1. The van der Waals surface area contributed by atoms with E-state index in [1.807, 2.05) is 19.1 Å². The molecule has 0 unspecified atom stereocenters. The van der Waals surface area contributed by atoms with Crippen molar-refractivity contribution in [3.8, 4) is 0 Å². The Morgan fingerprint density at radius 3 is 2.63 bits per heavy atom. The van der Waals surface area contributed by atoms with Gasteiger partial charge in [0.25, 0.3) is 0 Å². The summed E-state index contributed by atoms with van der Waals surface area (Å²) in [5.41, 5.74) is 2.92. The Kier molecular flexibility index (Phi) is 4.45. The van der Waals surface area contributed by atoms with Crippen LogP contribution in [0.4, 0.5) is 4.39 Å². The Balaban J connectivity index is 1.86. The van der Waals surface area contributed by atoms with Gasteiger partial charge in [0.2, 0.25) is 0 Å². The van der Waals surface area contributed by atoms with Gasteiger partial charge in [-0.25, -0.2) is 4.39 Å². The van der Waals surface area contributed by atoms with Crippen LogP contribution in [0.15, 0.2) is 42.5 Å². The molecule has 0 fully saturated rings. The Bertz CT molecular complexity index is 558. The third kappa shape index (κ3) is 4.02. The molecule has 2 heteroatoms. The molecular weight excluding hydrogens is 239 g/mol. The molecule has 0 saturated heterocycles. The van der Waals surface area contributed by atoms with Gasteiger partial charge in [-0.05, 0) is 61.2 Å². The summed E-state index contributed by atoms with van der Waals surface area (Å²) in [6.07, 6.45) is 2.17. The van der Waals surface area contributed by atoms with E-state index < -0.39 is 0 Å². The van der Waals surface area contributed by atoms with E-state index in [9.17, 15) is 9.18 Å². The second kappa shape index (κ2) is 6.28. The SMILES string of the molecule is Cc1[c]ccc(CCCC(=O)c2ccc(F)cc2)c1. The topological polar surface area (TPSA) is 17.1 Å². The summed E-state index contributed by atoms with van der Waals surface area (Å²) in [6.45, 7) is 2.01. The number of ketones is 1. The first-order valence-electron chi connectivity index (χ1n) is 6.41. The van der Waals surface area contributed by atoms with Crippen molar-refractivity contribution in [2.45, 2.75) is 26.2 Å². The predicted octanol–water partition coefficient (Wildman–Crippen LogP) is 4.14. The third-order valence-corrected chi connectivity index (χ3v) is 3.05. The Hall–Kier alpha value is -1.96. The van der Waals surface area contributed by atoms with Crippen molar-refractivity contribution in [2.75, 3.05) is 0 Å². The van der Waals surface area contributed by atoms with Gasteiger partial charge in [-0.1, -0.05) is 18.2 Å². The van der Waals surface area contributed by atoms with E-state index in [2.05, 4.69) is 12.1 Å². The molecule has 2 rings (SSSR count). The van der Waals surface area contributed by atoms with Gasteiger partial charge in [-0.15, -0.1) is 0 Å². The van der Waals surface area contributed by atoms with Crippen LogP contribution in [0.2, 0.25) is 0 Å². The Morgan fingerprint density at radius 2 is 1.95 bits per heavy atom. The lowest BCUT2D eigenvalue weighted by molar-refractivity contribution is 0.0980. The second-order valence-electron chi connectivity index (χ2n) is 4.66. The summed E-state index contributed by atoms with van der Waals surface area (Å²) in [6, 6.07) is 14.8. The molecule has 0 atom stereocenters. The maximum absolute atomic E-state index is 12.7. The fraction of sp³-hybridized carbons (Fsp3) is 0.235. The summed E-state index contributed by atoms with van der Waals surface area (Å²) in [5, 5.41) is 0. The number of hydrogen-bond acceptors (Lipinski definition) is 1.